The number of methoxy groups -OCH3 is 1. The van der Waals surface area contributed by atoms with Crippen LogP contribution in [0.15, 0.2) is 57.0 Å². The number of hydrogen-bond donors (Lipinski definition) is 1. The van der Waals surface area contributed by atoms with Gasteiger partial charge in [-0.3, -0.25) is 19.0 Å². The van der Waals surface area contributed by atoms with Gasteiger partial charge in [0.1, 0.15) is 5.76 Å². The van der Waals surface area contributed by atoms with Crippen LogP contribution < -0.4 is 10.9 Å². The van der Waals surface area contributed by atoms with Gasteiger partial charge in [0, 0.05) is 6.54 Å². The zero-order chi connectivity index (χ0) is 20.8. The van der Waals surface area contributed by atoms with E-state index in [-0.39, 0.29) is 31.0 Å². The van der Waals surface area contributed by atoms with Crippen molar-refractivity contribution in [3.05, 3.63) is 58.8 Å². The van der Waals surface area contributed by atoms with Crippen LogP contribution in [0.5, 0.6) is 0 Å². The summed E-state index contributed by atoms with van der Waals surface area (Å²) in [5.74, 6) is 0.00735. The average Bonchev–Trinajstić information content (AvgIpc) is 3.25. The second-order valence-corrected chi connectivity index (χ2v) is 7.56. The first-order valence-corrected chi connectivity index (χ1v) is 9.90. The minimum absolute atomic E-state index is 0.0308. The molecule has 0 aliphatic carbocycles. The Labute approximate surface area is 171 Å². The maximum Gasteiger partial charge on any atom is 0.307 e. The molecule has 9 heteroatoms. The van der Waals surface area contributed by atoms with E-state index in [9.17, 15) is 14.4 Å². The van der Waals surface area contributed by atoms with Gasteiger partial charge in [0.15, 0.2) is 5.16 Å². The second kappa shape index (κ2) is 9.42. The molecule has 0 bridgehead atoms. The third kappa shape index (κ3) is 5.05. The van der Waals surface area contributed by atoms with E-state index in [1.807, 2.05) is 0 Å². The van der Waals surface area contributed by atoms with E-state index in [0.717, 1.165) is 11.8 Å². The topological polar surface area (TPSA) is 103 Å². The molecule has 0 fully saturated rings. The first kappa shape index (κ1) is 20.7. The number of fused-ring (bicyclic) bond motifs is 1. The molecule has 0 aliphatic heterocycles. The maximum absolute atomic E-state index is 12.9. The van der Waals surface area contributed by atoms with Crippen LogP contribution in [0.2, 0.25) is 0 Å². The number of thioether (sulfide) groups is 1. The number of rotatable bonds is 8. The Balaban J connectivity index is 1.82. The van der Waals surface area contributed by atoms with Gasteiger partial charge in [-0.2, -0.15) is 0 Å². The number of hydrogen-bond acceptors (Lipinski definition) is 7. The maximum atomic E-state index is 12.9. The Morgan fingerprint density at radius 3 is 2.79 bits per heavy atom. The summed E-state index contributed by atoms with van der Waals surface area (Å²) in [6, 6.07) is 10.5. The van der Waals surface area contributed by atoms with Gasteiger partial charge in [-0.25, -0.2) is 4.98 Å². The predicted octanol–water partition coefficient (Wildman–Crippen LogP) is 2.35. The number of benzene rings is 1. The third-order valence-corrected chi connectivity index (χ3v) is 5.35. The first-order chi connectivity index (χ1) is 14.0. The average molecular weight is 415 g/mol. The van der Waals surface area contributed by atoms with Crippen LogP contribution in [-0.2, 0) is 27.4 Å². The molecule has 3 rings (SSSR count). The lowest BCUT2D eigenvalue weighted by atomic mass is 10.2. The number of esters is 1. The molecule has 1 amide bonds. The summed E-state index contributed by atoms with van der Waals surface area (Å²) in [5, 5.41) is 3.11. The summed E-state index contributed by atoms with van der Waals surface area (Å²) in [6.45, 7) is 2.12. The molecular formula is C20H21N3O5S. The van der Waals surface area contributed by atoms with E-state index >= 15 is 0 Å². The Morgan fingerprint density at radius 1 is 1.28 bits per heavy atom. The zero-order valence-electron chi connectivity index (χ0n) is 16.1. The van der Waals surface area contributed by atoms with Crippen LogP contribution >= 0.6 is 11.8 Å². The molecule has 0 spiro atoms. The highest BCUT2D eigenvalue weighted by molar-refractivity contribution is 8.00. The molecule has 0 radical (unpaired) electrons. The molecule has 0 saturated carbocycles. The summed E-state index contributed by atoms with van der Waals surface area (Å²) < 4.78 is 11.3. The lowest BCUT2D eigenvalue weighted by molar-refractivity contribution is -0.140. The summed E-state index contributed by atoms with van der Waals surface area (Å²) in [7, 11) is 1.30. The highest BCUT2D eigenvalue weighted by Crippen LogP contribution is 2.23. The van der Waals surface area contributed by atoms with Crippen molar-refractivity contribution in [1.29, 1.82) is 0 Å². The molecule has 0 aliphatic rings. The number of nitrogens with one attached hydrogen (secondary N) is 1. The molecule has 3 aromatic rings. The van der Waals surface area contributed by atoms with Crippen molar-refractivity contribution in [2.75, 3.05) is 7.11 Å². The van der Waals surface area contributed by atoms with Gasteiger partial charge in [0.05, 0.1) is 42.5 Å². The van der Waals surface area contributed by atoms with Crippen molar-refractivity contribution in [2.45, 2.75) is 36.8 Å². The van der Waals surface area contributed by atoms with E-state index in [1.54, 1.807) is 49.6 Å². The van der Waals surface area contributed by atoms with Crippen LogP contribution in [-0.4, -0.2) is 33.8 Å². The zero-order valence-corrected chi connectivity index (χ0v) is 16.9. The molecule has 2 heterocycles. The number of amides is 1. The summed E-state index contributed by atoms with van der Waals surface area (Å²) in [5.41, 5.74) is 0.280. The normalized spacial score (nSPS) is 11.9. The Hall–Kier alpha value is -3.07. The van der Waals surface area contributed by atoms with Gasteiger partial charge in [-0.15, -0.1) is 0 Å². The Morgan fingerprint density at radius 2 is 2.07 bits per heavy atom. The van der Waals surface area contributed by atoms with Crippen molar-refractivity contribution in [1.82, 2.24) is 14.9 Å². The van der Waals surface area contributed by atoms with E-state index in [1.165, 1.54) is 11.7 Å². The highest BCUT2D eigenvalue weighted by atomic mass is 32.2. The van der Waals surface area contributed by atoms with Gasteiger partial charge >= 0.3 is 5.97 Å². The number of aromatic nitrogens is 2. The molecule has 152 valence electrons. The van der Waals surface area contributed by atoms with Crippen LogP contribution in [0, 0.1) is 0 Å². The lowest BCUT2D eigenvalue weighted by Gasteiger charge is -2.16. The van der Waals surface area contributed by atoms with E-state index in [0.29, 0.717) is 21.8 Å². The van der Waals surface area contributed by atoms with E-state index in [2.05, 4.69) is 15.0 Å². The van der Waals surface area contributed by atoms with Crippen molar-refractivity contribution in [3.8, 4) is 0 Å². The van der Waals surface area contributed by atoms with Crippen LogP contribution in [0.4, 0.5) is 0 Å². The highest BCUT2D eigenvalue weighted by Gasteiger charge is 2.20. The van der Waals surface area contributed by atoms with Crippen molar-refractivity contribution in [2.24, 2.45) is 0 Å². The Kier molecular flexibility index (Phi) is 6.71. The number of carbonyl (C=O) groups excluding carboxylic acids is 2. The van der Waals surface area contributed by atoms with Crippen molar-refractivity contribution < 1.29 is 18.7 Å². The first-order valence-electron chi connectivity index (χ1n) is 9.02. The predicted molar refractivity (Wildman–Crippen MR) is 109 cm³/mol. The summed E-state index contributed by atoms with van der Waals surface area (Å²) in [4.78, 5) is 41.5. The smallest absolute Gasteiger partial charge is 0.307 e. The number of ether oxygens (including phenoxy) is 1. The Bertz CT molecular complexity index is 1060. The molecule has 0 saturated heterocycles. The van der Waals surface area contributed by atoms with Crippen molar-refractivity contribution in [3.63, 3.8) is 0 Å². The molecule has 1 aromatic carbocycles. The van der Waals surface area contributed by atoms with Gasteiger partial charge in [0.2, 0.25) is 5.91 Å². The molecular weight excluding hydrogens is 394 g/mol. The molecule has 1 N–H and O–H groups in total. The summed E-state index contributed by atoms with van der Waals surface area (Å²) in [6.07, 6.45) is 1.57. The minimum Gasteiger partial charge on any atom is -0.469 e. The number of nitrogens with zero attached hydrogens (tertiary/aromatic N) is 2. The fraction of sp³-hybridized carbons (Fsp3) is 0.300. The van der Waals surface area contributed by atoms with Crippen LogP contribution in [0.25, 0.3) is 10.9 Å². The number of para-hydroxylation sites is 1. The summed E-state index contributed by atoms with van der Waals surface area (Å²) >= 11 is 1.16. The number of carbonyl (C=O) groups is 2. The third-order valence-electron chi connectivity index (χ3n) is 4.26. The molecule has 29 heavy (non-hydrogen) atoms. The van der Waals surface area contributed by atoms with Gasteiger partial charge < -0.3 is 14.5 Å². The standard InChI is InChI=1S/C20H21N3O5S/c1-13(18(25)21-12-14-6-5-11-28-14)29-20-22-16-8-4-3-7-15(16)19(26)23(20)10-9-17(24)27-2/h3-8,11,13H,9-10,12H2,1-2H3,(H,21,25)/t13-/m0/s1. The SMILES string of the molecule is COC(=O)CCn1c(S[C@@H](C)C(=O)NCc2ccco2)nc2ccccc2c1=O. The molecule has 0 unspecified atom stereocenters. The van der Waals surface area contributed by atoms with Crippen LogP contribution in [0.3, 0.4) is 0 Å². The molecule has 1 atom stereocenters. The number of furan rings is 1. The van der Waals surface area contributed by atoms with E-state index in [4.69, 9.17) is 4.42 Å². The second-order valence-electron chi connectivity index (χ2n) is 6.25. The monoisotopic (exact) mass is 415 g/mol. The lowest BCUT2D eigenvalue weighted by Crippen LogP contribution is -2.31. The fourth-order valence-corrected chi connectivity index (χ4v) is 3.64. The fourth-order valence-electron chi connectivity index (χ4n) is 2.68. The molecule has 8 nitrogen and oxygen atoms in total. The van der Waals surface area contributed by atoms with Crippen LogP contribution in [0.1, 0.15) is 19.1 Å². The minimum atomic E-state index is -0.512. The van der Waals surface area contributed by atoms with Gasteiger partial charge in [-0.05, 0) is 31.2 Å². The quantitative estimate of drug-likeness (QED) is 0.342. The van der Waals surface area contributed by atoms with Gasteiger partial charge in [0.25, 0.3) is 5.56 Å². The van der Waals surface area contributed by atoms with Crippen molar-refractivity contribution >= 4 is 34.5 Å². The van der Waals surface area contributed by atoms with Gasteiger partial charge in [-0.1, -0.05) is 23.9 Å². The largest absolute Gasteiger partial charge is 0.469 e. The van der Waals surface area contributed by atoms with E-state index < -0.39 is 11.2 Å². The molecule has 2 aromatic heterocycles.